The van der Waals surface area contributed by atoms with E-state index in [2.05, 4.69) is 10.2 Å². The summed E-state index contributed by atoms with van der Waals surface area (Å²) in [4.78, 5) is 14.9. The summed E-state index contributed by atoms with van der Waals surface area (Å²) in [6, 6.07) is 2.46. The number of likely N-dealkylation sites (tertiary alicyclic amines) is 1. The first kappa shape index (κ1) is 17.5. The molecular formula is C19H30N2O3. The molecule has 1 aromatic rings. The zero-order valence-corrected chi connectivity index (χ0v) is 14.9. The molecule has 1 aromatic heterocycles. The Kier molecular flexibility index (Phi) is 5.61. The molecule has 1 aliphatic carbocycles. The molecule has 134 valence electrons. The second-order valence-corrected chi connectivity index (χ2v) is 7.28. The molecule has 0 radical (unpaired) electrons. The van der Waals surface area contributed by atoms with Gasteiger partial charge in [-0.3, -0.25) is 9.69 Å². The van der Waals surface area contributed by atoms with Crippen molar-refractivity contribution in [2.45, 2.75) is 77.0 Å². The number of carbonyl (C=O) groups excluding carboxylic acids is 1. The number of aryl methyl sites for hydroxylation is 2. The first-order valence-electron chi connectivity index (χ1n) is 9.40. The first-order chi connectivity index (χ1) is 11.6. The predicted molar refractivity (Wildman–Crippen MR) is 93.1 cm³/mol. The van der Waals surface area contributed by atoms with Gasteiger partial charge in [0.25, 0.3) is 5.91 Å². The van der Waals surface area contributed by atoms with E-state index in [9.17, 15) is 9.90 Å². The van der Waals surface area contributed by atoms with Gasteiger partial charge in [0, 0.05) is 37.2 Å². The third kappa shape index (κ3) is 3.83. The van der Waals surface area contributed by atoms with E-state index in [4.69, 9.17) is 4.42 Å². The topological polar surface area (TPSA) is 65.7 Å². The van der Waals surface area contributed by atoms with Crippen LogP contribution in [0.15, 0.2) is 10.5 Å². The predicted octanol–water partition coefficient (Wildman–Crippen LogP) is 2.65. The minimum atomic E-state index is -0.178. The molecule has 2 fully saturated rings. The molecule has 2 atom stereocenters. The van der Waals surface area contributed by atoms with Crippen molar-refractivity contribution in [3.63, 3.8) is 0 Å². The summed E-state index contributed by atoms with van der Waals surface area (Å²) in [5, 5.41) is 13.3. The molecule has 1 amide bonds. The van der Waals surface area contributed by atoms with E-state index in [1.165, 1.54) is 6.42 Å². The van der Waals surface area contributed by atoms with Crippen molar-refractivity contribution in [2.75, 3.05) is 13.1 Å². The van der Waals surface area contributed by atoms with Gasteiger partial charge in [-0.25, -0.2) is 0 Å². The maximum absolute atomic E-state index is 12.4. The van der Waals surface area contributed by atoms with Crippen LogP contribution in [0.2, 0.25) is 0 Å². The molecule has 5 nitrogen and oxygen atoms in total. The Morgan fingerprint density at radius 3 is 2.62 bits per heavy atom. The number of aliphatic hydroxyl groups is 1. The quantitative estimate of drug-likeness (QED) is 0.888. The third-order valence-electron chi connectivity index (χ3n) is 5.55. The van der Waals surface area contributed by atoms with Gasteiger partial charge in [0.2, 0.25) is 0 Å². The van der Waals surface area contributed by atoms with E-state index >= 15 is 0 Å². The van der Waals surface area contributed by atoms with Crippen molar-refractivity contribution >= 4 is 5.91 Å². The van der Waals surface area contributed by atoms with E-state index in [-0.39, 0.29) is 18.1 Å². The van der Waals surface area contributed by atoms with Crippen LogP contribution in [-0.2, 0) is 6.42 Å². The molecule has 3 rings (SSSR count). The molecule has 2 N–H and O–H groups in total. The van der Waals surface area contributed by atoms with Crippen LogP contribution in [-0.4, -0.2) is 47.2 Å². The lowest BCUT2D eigenvalue weighted by atomic mass is 9.89. The Morgan fingerprint density at radius 2 is 2.00 bits per heavy atom. The van der Waals surface area contributed by atoms with Gasteiger partial charge in [-0.15, -0.1) is 0 Å². The lowest BCUT2D eigenvalue weighted by Crippen LogP contribution is -2.52. The number of furan rings is 1. The second kappa shape index (κ2) is 7.70. The van der Waals surface area contributed by atoms with Crippen LogP contribution < -0.4 is 5.32 Å². The van der Waals surface area contributed by atoms with Gasteiger partial charge in [0.15, 0.2) is 5.76 Å². The zero-order chi connectivity index (χ0) is 17.1. The Labute approximate surface area is 144 Å². The molecule has 0 spiro atoms. The normalized spacial score (nSPS) is 26.5. The highest BCUT2D eigenvalue weighted by Crippen LogP contribution is 2.26. The Balaban J connectivity index is 1.51. The van der Waals surface area contributed by atoms with E-state index in [1.54, 1.807) is 0 Å². The average Bonchev–Trinajstić information content (AvgIpc) is 2.97. The molecule has 1 saturated carbocycles. The first-order valence-corrected chi connectivity index (χ1v) is 9.40. The monoisotopic (exact) mass is 334 g/mol. The van der Waals surface area contributed by atoms with Crippen molar-refractivity contribution in [3.8, 4) is 0 Å². The van der Waals surface area contributed by atoms with Crippen molar-refractivity contribution in [2.24, 2.45) is 0 Å². The number of aliphatic hydroxyl groups excluding tert-OH is 1. The van der Waals surface area contributed by atoms with Crippen LogP contribution in [0.25, 0.3) is 0 Å². The highest BCUT2D eigenvalue weighted by molar-refractivity contribution is 5.93. The van der Waals surface area contributed by atoms with Gasteiger partial charge in [-0.1, -0.05) is 19.8 Å². The Hall–Kier alpha value is -1.33. The standard InChI is InChI=1S/C19H30N2O3/c1-3-15-12-13(2)18(24-15)19(23)20-14-8-10-21(11-9-14)16-6-4-5-7-17(16)22/h12,14,16-17,22H,3-11H2,1-2H3,(H,20,23). The molecule has 1 saturated heterocycles. The highest BCUT2D eigenvalue weighted by Gasteiger charge is 2.32. The fourth-order valence-corrected chi connectivity index (χ4v) is 4.09. The Bertz CT molecular complexity index is 561. The average molecular weight is 334 g/mol. The van der Waals surface area contributed by atoms with Crippen molar-refractivity contribution in [3.05, 3.63) is 23.2 Å². The van der Waals surface area contributed by atoms with Gasteiger partial charge in [-0.05, 0) is 38.7 Å². The maximum atomic E-state index is 12.4. The van der Waals surface area contributed by atoms with Gasteiger partial charge >= 0.3 is 0 Å². The molecule has 5 heteroatoms. The van der Waals surface area contributed by atoms with Crippen LogP contribution in [0.1, 0.15) is 67.3 Å². The minimum absolute atomic E-state index is 0.0941. The summed E-state index contributed by atoms with van der Waals surface area (Å²) in [5.41, 5.74) is 0.909. The number of piperidine rings is 1. The van der Waals surface area contributed by atoms with Gasteiger partial charge in [0.1, 0.15) is 5.76 Å². The molecule has 2 heterocycles. The highest BCUT2D eigenvalue weighted by atomic mass is 16.4. The number of nitrogens with zero attached hydrogens (tertiary/aromatic N) is 1. The fraction of sp³-hybridized carbons (Fsp3) is 0.737. The zero-order valence-electron chi connectivity index (χ0n) is 14.9. The number of hydrogen-bond donors (Lipinski definition) is 2. The van der Waals surface area contributed by atoms with E-state index < -0.39 is 0 Å². The molecule has 0 aromatic carbocycles. The van der Waals surface area contributed by atoms with E-state index in [0.717, 1.165) is 62.9 Å². The Morgan fingerprint density at radius 1 is 1.29 bits per heavy atom. The van der Waals surface area contributed by atoms with Crippen LogP contribution in [0, 0.1) is 6.92 Å². The van der Waals surface area contributed by atoms with Crippen LogP contribution in [0.5, 0.6) is 0 Å². The van der Waals surface area contributed by atoms with Crippen molar-refractivity contribution < 1.29 is 14.3 Å². The maximum Gasteiger partial charge on any atom is 0.287 e. The van der Waals surface area contributed by atoms with E-state index in [1.807, 2.05) is 19.9 Å². The number of hydrogen-bond acceptors (Lipinski definition) is 4. The summed E-state index contributed by atoms with van der Waals surface area (Å²) < 4.78 is 5.64. The summed E-state index contributed by atoms with van der Waals surface area (Å²) in [5.74, 6) is 1.22. The summed E-state index contributed by atoms with van der Waals surface area (Å²) >= 11 is 0. The summed E-state index contributed by atoms with van der Waals surface area (Å²) in [6.45, 7) is 5.84. The van der Waals surface area contributed by atoms with Crippen molar-refractivity contribution in [1.82, 2.24) is 10.2 Å². The third-order valence-corrected chi connectivity index (χ3v) is 5.55. The lowest BCUT2D eigenvalue weighted by molar-refractivity contribution is 0.00721. The molecule has 1 aliphatic heterocycles. The number of amides is 1. The van der Waals surface area contributed by atoms with Crippen LogP contribution in [0.4, 0.5) is 0 Å². The minimum Gasteiger partial charge on any atom is -0.456 e. The van der Waals surface area contributed by atoms with Gasteiger partial charge < -0.3 is 14.8 Å². The van der Waals surface area contributed by atoms with Crippen LogP contribution in [0.3, 0.4) is 0 Å². The smallest absolute Gasteiger partial charge is 0.287 e. The lowest BCUT2D eigenvalue weighted by Gasteiger charge is -2.41. The number of carbonyl (C=O) groups is 1. The van der Waals surface area contributed by atoms with Crippen molar-refractivity contribution in [1.29, 1.82) is 0 Å². The molecule has 2 unspecified atom stereocenters. The van der Waals surface area contributed by atoms with Crippen LogP contribution >= 0.6 is 0 Å². The van der Waals surface area contributed by atoms with Gasteiger partial charge in [0.05, 0.1) is 6.10 Å². The van der Waals surface area contributed by atoms with E-state index in [0.29, 0.717) is 11.8 Å². The summed E-state index contributed by atoms with van der Waals surface area (Å²) in [6.07, 6.45) is 6.90. The number of rotatable bonds is 4. The second-order valence-electron chi connectivity index (χ2n) is 7.28. The fourth-order valence-electron chi connectivity index (χ4n) is 4.09. The summed E-state index contributed by atoms with van der Waals surface area (Å²) in [7, 11) is 0. The largest absolute Gasteiger partial charge is 0.456 e. The molecule has 24 heavy (non-hydrogen) atoms. The number of nitrogens with one attached hydrogen (secondary N) is 1. The molecule has 0 bridgehead atoms. The SMILES string of the molecule is CCc1cc(C)c(C(=O)NC2CCN(C3CCCCC3O)CC2)o1. The molecule has 2 aliphatic rings. The molecular weight excluding hydrogens is 304 g/mol. The van der Waals surface area contributed by atoms with Gasteiger partial charge in [-0.2, -0.15) is 0 Å².